The molecule has 4 nitrogen and oxygen atoms in total. The lowest BCUT2D eigenvalue weighted by atomic mass is 9.97. The molecule has 1 aliphatic carbocycles. The molecule has 4 heteroatoms. The maximum atomic E-state index is 11.2. The largest absolute Gasteiger partial charge is 0.481 e. The van der Waals surface area contributed by atoms with Crippen LogP contribution in [0.4, 0.5) is 0 Å². The molecule has 0 bridgehead atoms. The molecular formula is C15H22N2O2. The highest BCUT2D eigenvalue weighted by atomic mass is 16.4. The summed E-state index contributed by atoms with van der Waals surface area (Å²) in [5, 5.41) is 9.20. The second-order valence-corrected chi connectivity index (χ2v) is 6.52. The van der Waals surface area contributed by atoms with E-state index in [9.17, 15) is 9.90 Å². The smallest absolute Gasteiger partial charge is 0.307 e. The summed E-state index contributed by atoms with van der Waals surface area (Å²) in [5.74, 6) is 0.642. The molecule has 0 aliphatic heterocycles. The zero-order chi connectivity index (χ0) is 14.4. The van der Waals surface area contributed by atoms with Gasteiger partial charge in [-0.2, -0.15) is 0 Å². The molecule has 0 amide bonds. The van der Waals surface area contributed by atoms with Crippen molar-refractivity contribution in [3.8, 4) is 0 Å². The average Bonchev–Trinajstić information content (AvgIpc) is 2.91. The average molecular weight is 262 g/mol. The summed E-state index contributed by atoms with van der Waals surface area (Å²) < 4.78 is 0. The van der Waals surface area contributed by atoms with Crippen molar-refractivity contribution in [1.82, 2.24) is 9.97 Å². The van der Waals surface area contributed by atoms with E-state index in [1.165, 1.54) is 0 Å². The van der Waals surface area contributed by atoms with E-state index >= 15 is 0 Å². The van der Waals surface area contributed by atoms with E-state index in [0.717, 1.165) is 11.4 Å². The normalized spacial score (nSPS) is 26.2. The molecule has 0 saturated heterocycles. The van der Waals surface area contributed by atoms with Gasteiger partial charge in [-0.15, -0.1) is 0 Å². The van der Waals surface area contributed by atoms with Gasteiger partial charge in [0.25, 0.3) is 0 Å². The minimum Gasteiger partial charge on any atom is -0.481 e. The summed E-state index contributed by atoms with van der Waals surface area (Å²) in [5.41, 5.74) is 0.748. The van der Waals surface area contributed by atoms with Gasteiger partial charge in [-0.3, -0.25) is 4.79 Å². The first-order chi connectivity index (χ1) is 8.76. The van der Waals surface area contributed by atoms with Crippen LogP contribution in [0.25, 0.3) is 0 Å². The van der Waals surface area contributed by atoms with Crippen LogP contribution >= 0.6 is 0 Å². The molecule has 104 valence electrons. The highest BCUT2D eigenvalue weighted by Gasteiger charge is 2.62. The van der Waals surface area contributed by atoms with Crippen LogP contribution in [-0.4, -0.2) is 21.0 Å². The predicted molar refractivity (Wildman–Crippen MR) is 72.9 cm³/mol. The van der Waals surface area contributed by atoms with Gasteiger partial charge >= 0.3 is 5.97 Å². The van der Waals surface area contributed by atoms with E-state index in [1.807, 2.05) is 13.8 Å². The van der Waals surface area contributed by atoms with E-state index in [2.05, 4.69) is 30.7 Å². The van der Waals surface area contributed by atoms with E-state index in [0.29, 0.717) is 11.8 Å². The maximum Gasteiger partial charge on any atom is 0.307 e. The number of hydrogen-bond donors (Lipinski definition) is 1. The molecule has 1 aliphatic rings. The van der Waals surface area contributed by atoms with E-state index < -0.39 is 5.97 Å². The number of aromatic nitrogens is 2. The van der Waals surface area contributed by atoms with Crippen LogP contribution in [-0.2, 0) is 4.79 Å². The fraction of sp³-hybridized carbons (Fsp3) is 0.667. The van der Waals surface area contributed by atoms with Crippen molar-refractivity contribution in [2.45, 2.75) is 46.5 Å². The van der Waals surface area contributed by atoms with Crippen LogP contribution < -0.4 is 0 Å². The van der Waals surface area contributed by atoms with Crippen LogP contribution in [0.2, 0.25) is 0 Å². The Hall–Kier alpha value is -1.45. The molecule has 2 rings (SSSR count). The number of aliphatic carboxylic acids is 1. The Kier molecular flexibility index (Phi) is 3.37. The second kappa shape index (κ2) is 4.58. The van der Waals surface area contributed by atoms with Crippen molar-refractivity contribution in [1.29, 1.82) is 0 Å². The van der Waals surface area contributed by atoms with Crippen molar-refractivity contribution < 1.29 is 9.90 Å². The lowest BCUT2D eigenvalue weighted by Crippen LogP contribution is -2.07. The van der Waals surface area contributed by atoms with Crippen LogP contribution in [0.15, 0.2) is 12.4 Å². The van der Waals surface area contributed by atoms with Gasteiger partial charge in [0.15, 0.2) is 0 Å². The zero-order valence-corrected chi connectivity index (χ0v) is 12.2. The molecule has 1 heterocycles. The first-order valence-corrected chi connectivity index (χ1v) is 6.81. The van der Waals surface area contributed by atoms with Crippen LogP contribution in [0.3, 0.4) is 0 Å². The Morgan fingerprint density at radius 2 is 1.79 bits per heavy atom. The van der Waals surface area contributed by atoms with E-state index in [4.69, 9.17) is 0 Å². The molecule has 1 fully saturated rings. The van der Waals surface area contributed by atoms with Crippen LogP contribution in [0, 0.1) is 17.3 Å². The zero-order valence-electron chi connectivity index (χ0n) is 12.2. The van der Waals surface area contributed by atoms with Crippen molar-refractivity contribution in [3.05, 3.63) is 23.8 Å². The third-order valence-corrected chi connectivity index (χ3v) is 4.55. The summed E-state index contributed by atoms with van der Waals surface area (Å²) in [6.45, 7) is 10.4. The summed E-state index contributed by atoms with van der Waals surface area (Å²) in [4.78, 5) is 20.0. The molecule has 1 N–H and O–H groups in total. The molecular weight excluding hydrogens is 240 g/mol. The third-order valence-electron chi connectivity index (χ3n) is 4.55. The number of rotatable bonds is 4. The number of carboxylic acids is 1. The summed E-state index contributed by atoms with van der Waals surface area (Å²) in [6, 6.07) is 0. The number of hydrogen-bond acceptors (Lipinski definition) is 3. The molecule has 0 spiro atoms. The quantitative estimate of drug-likeness (QED) is 0.905. The minimum atomic E-state index is -0.727. The Balaban J connectivity index is 2.19. The van der Waals surface area contributed by atoms with Crippen LogP contribution in [0.5, 0.6) is 0 Å². The minimum absolute atomic E-state index is 0.0356. The van der Waals surface area contributed by atoms with Gasteiger partial charge < -0.3 is 5.11 Å². The highest BCUT2D eigenvalue weighted by molar-refractivity contribution is 5.77. The Morgan fingerprint density at radius 3 is 2.16 bits per heavy atom. The van der Waals surface area contributed by atoms with Gasteiger partial charge in [0.05, 0.1) is 5.92 Å². The van der Waals surface area contributed by atoms with Gasteiger partial charge in [-0.05, 0) is 16.9 Å². The molecule has 1 unspecified atom stereocenters. The van der Waals surface area contributed by atoms with Gasteiger partial charge in [0.2, 0.25) is 0 Å². The third kappa shape index (κ3) is 2.36. The predicted octanol–water partition coefficient (Wildman–Crippen LogP) is 3.06. The van der Waals surface area contributed by atoms with Gasteiger partial charge in [-0.1, -0.05) is 34.6 Å². The van der Waals surface area contributed by atoms with Gasteiger partial charge in [-0.25, -0.2) is 9.97 Å². The fourth-order valence-corrected chi connectivity index (χ4v) is 2.76. The lowest BCUT2D eigenvalue weighted by molar-refractivity contribution is -0.139. The topological polar surface area (TPSA) is 63.1 Å². The monoisotopic (exact) mass is 262 g/mol. The summed E-state index contributed by atoms with van der Waals surface area (Å²) in [7, 11) is 0. The molecule has 0 aromatic carbocycles. The summed E-state index contributed by atoms with van der Waals surface area (Å²) in [6.07, 6.45) is 3.60. The molecule has 19 heavy (non-hydrogen) atoms. The van der Waals surface area contributed by atoms with Gasteiger partial charge in [0.1, 0.15) is 5.82 Å². The summed E-state index contributed by atoms with van der Waals surface area (Å²) >= 11 is 0. The number of nitrogens with zero attached hydrogens (tertiary/aromatic N) is 2. The second-order valence-electron chi connectivity index (χ2n) is 6.52. The first-order valence-electron chi connectivity index (χ1n) is 6.81. The highest BCUT2D eigenvalue weighted by Crippen LogP contribution is 2.64. The first kappa shape index (κ1) is 14.0. The standard InChI is InChI=1S/C15H22N2O2/c1-8(2)9(3)13-16-6-10(7-17-13)11-12(14(18)19)15(11,4)5/h6-9,11-12H,1-5H3,(H,18,19)/t9?,11-,12+/m1/s1. The van der Waals surface area contributed by atoms with Crippen molar-refractivity contribution in [3.63, 3.8) is 0 Å². The molecule has 1 aromatic rings. The molecule has 0 radical (unpaired) electrons. The lowest BCUT2D eigenvalue weighted by Gasteiger charge is -2.14. The fourth-order valence-electron chi connectivity index (χ4n) is 2.76. The maximum absolute atomic E-state index is 11.2. The van der Waals surface area contributed by atoms with Gasteiger partial charge in [0, 0.05) is 24.2 Å². The number of carbonyl (C=O) groups is 1. The molecule has 3 atom stereocenters. The number of carboxylic acid groups (broad SMARTS) is 1. The Bertz CT molecular complexity index is 479. The Morgan fingerprint density at radius 1 is 1.26 bits per heavy atom. The van der Waals surface area contributed by atoms with Crippen LogP contribution in [0.1, 0.15) is 57.8 Å². The Labute approximate surface area is 114 Å². The molecule has 1 saturated carbocycles. The van der Waals surface area contributed by atoms with Crippen molar-refractivity contribution >= 4 is 5.97 Å². The van der Waals surface area contributed by atoms with E-state index in [1.54, 1.807) is 12.4 Å². The van der Waals surface area contributed by atoms with E-state index in [-0.39, 0.29) is 17.3 Å². The van der Waals surface area contributed by atoms with Crippen molar-refractivity contribution in [2.75, 3.05) is 0 Å². The molecule has 1 aromatic heterocycles. The van der Waals surface area contributed by atoms with Crippen molar-refractivity contribution in [2.24, 2.45) is 17.3 Å². The SMILES string of the molecule is CC(C)C(C)c1ncc([C@@H]2[C@@H](C(=O)O)C2(C)C)cn1.